The highest BCUT2D eigenvalue weighted by Crippen LogP contribution is 2.10. The van der Waals surface area contributed by atoms with E-state index in [0.717, 1.165) is 0 Å². The van der Waals surface area contributed by atoms with Crippen LogP contribution in [0.25, 0.3) is 0 Å². The van der Waals surface area contributed by atoms with Crippen molar-refractivity contribution in [3.8, 4) is 0 Å². The summed E-state index contributed by atoms with van der Waals surface area (Å²) in [5.74, 6) is 0. The fourth-order valence-corrected chi connectivity index (χ4v) is 0.825. The second-order valence-corrected chi connectivity index (χ2v) is 2.63. The summed E-state index contributed by atoms with van der Waals surface area (Å²) in [5.41, 5.74) is 1.17. The third-order valence-electron chi connectivity index (χ3n) is 1.67. The van der Waals surface area contributed by atoms with Gasteiger partial charge < -0.3 is 5.01 Å². The summed E-state index contributed by atoms with van der Waals surface area (Å²) < 4.78 is 0. The van der Waals surface area contributed by atoms with E-state index in [-0.39, 0.29) is 0 Å². The quantitative estimate of drug-likeness (QED) is 0.586. The van der Waals surface area contributed by atoms with Crippen LogP contribution in [0.4, 0.5) is 5.69 Å². The van der Waals surface area contributed by atoms with Gasteiger partial charge in [0.1, 0.15) is 0 Å². The van der Waals surface area contributed by atoms with Gasteiger partial charge in [0.25, 0.3) is 0 Å². The molecule has 2 heteroatoms. The molecule has 1 radical (unpaired) electrons. The van der Waals surface area contributed by atoms with Crippen LogP contribution in [-0.2, 0) is 0 Å². The van der Waals surface area contributed by atoms with E-state index in [2.05, 4.69) is 11.1 Å². The first-order valence-electron chi connectivity index (χ1n) is 3.59. The molecule has 59 valence electrons. The lowest BCUT2D eigenvalue weighted by Gasteiger charge is -2.26. The molecular formula is C9H13N2. The highest BCUT2D eigenvalue weighted by Gasteiger charge is 1.99. The van der Waals surface area contributed by atoms with Crippen molar-refractivity contribution < 1.29 is 0 Å². The van der Waals surface area contributed by atoms with Crippen LogP contribution < -0.4 is 5.01 Å². The molecule has 0 bridgehead atoms. The van der Waals surface area contributed by atoms with Crippen molar-refractivity contribution >= 4 is 5.69 Å². The average Bonchev–Trinajstić information content (AvgIpc) is 2.05. The molecular weight excluding hydrogens is 136 g/mol. The van der Waals surface area contributed by atoms with Crippen molar-refractivity contribution in [2.45, 2.75) is 0 Å². The highest BCUT2D eigenvalue weighted by molar-refractivity contribution is 5.43. The first kappa shape index (κ1) is 8.08. The Kier molecular flexibility index (Phi) is 2.49. The molecule has 1 aromatic carbocycles. The zero-order chi connectivity index (χ0) is 8.27. The summed E-state index contributed by atoms with van der Waals surface area (Å²) in [6, 6.07) is 10.9. The molecule has 11 heavy (non-hydrogen) atoms. The third-order valence-corrected chi connectivity index (χ3v) is 1.67. The van der Waals surface area contributed by atoms with Gasteiger partial charge in [0.05, 0.1) is 5.69 Å². The van der Waals surface area contributed by atoms with Crippen molar-refractivity contribution in [2.24, 2.45) is 0 Å². The predicted molar refractivity (Wildman–Crippen MR) is 47.4 cm³/mol. The molecule has 0 fully saturated rings. The molecule has 0 aliphatic rings. The number of rotatable bonds is 2. The van der Waals surface area contributed by atoms with Crippen LogP contribution in [0, 0.1) is 6.07 Å². The molecule has 0 heterocycles. The monoisotopic (exact) mass is 149 g/mol. The third kappa shape index (κ3) is 1.95. The Balaban J connectivity index is 2.77. The molecule has 0 unspecified atom stereocenters. The Bertz CT molecular complexity index is 206. The molecule has 0 aromatic heterocycles. The molecule has 0 saturated carbocycles. The Morgan fingerprint density at radius 2 is 1.64 bits per heavy atom. The number of hydrazine groups is 1. The van der Waals surface area contributed by atoms with Crippen LogP contribution in [0.1, 0.15) is 0 Å². The number of benzene rings is 1. The lowest BCUT2D eigenvalue weighted by atomic mass is 10.3. The Labute approximate surface area is 68.0 Å². The van der Waals surface area contributed by atoms with E-state index in [1.165, 1.54) is 5.69 Å². The molecule has 0 saturated heterocycles. The van der Waals surface area contributed by atoms with Crippen molar-refractivity contribution in [1.82, 2.24) is 5.01 Å². The SMILES string of the molecule is CN(C)N(C)c1cc[c]cc1. The summed E-state index contributed by atoms with van der Waals surface area (Å²) >= 11 is 0. The minimum absolute atomic E-state index is 1.17. The lowest BCUT2D eigenvalue weighted by Crippen LogP contribution is -2.32. The van der Waals surface area contributed by atoms with Crippen molar-refractivity contribution in [2.75, 3.05) is 26.2 Å². The fourth-order valence-electron chi connectivity index (χ4n) is 0.825. The maximum atomic E-state index is 2.98. The van der Waals surface area contributed by atoms with E-state index in [0.29, 0.717) is 0 Å². The Morgan fingerprint density at radius 3 is 2.09 bits per heavy atom. The summed E-state index contributed by atoms with van der Waals surface area (Å²) in [5, 5.41) is 4.09. The summed E-state index contributed by atoms with van der Waals surface area (Å²) in [4.78, 5) is 0. The molecule has 1 rings (SSSR count). The molecule has 0 aliphatic heterocycles. The van der Waals surface area contributed by atoms with Crippen LogP contribution in [0.5, 0.6) is 0 Å². The maximum Gasteiger partial charge on any atom is 0.0519 e. The smallest absolute Gasteiger partial charge is 0.0519 e. The van der Waals surface area contributed by atoms with Crippen molar-refractivity contribution in [1.29, 1.82) is 0 Å². The molecule has 0 aliphatic carbocycles. The largest absolute Gasteiger partial charge is 0.309 e. The molecule has 0 amide bonds. The van der Waals surface area contributed by atoms with Gasteiger partial charge in [-0.3, -0.25) is 0 Å². The second-order valence-electron chi connectivity index (χ2n) is 2.63. The Morgan fingerprint density at radius 1 is 1.09 bits per heavy atom. The number of nitrogens with zero attached hydrogens (tertiary/aromatic N) is 2. The van der Waals surface area contributed by atoms with Gasteiger partial charge in [-0.1, -0.05) is 12.1 Å². The minimum atomic E-state index is 1.17. The van der Waals surface area contributed by atoms with Gasteiger partial charge in [-0.05, 0) is 18.2 Å². The van der Waals surface area contributed by atoms with Gasteiger partial charge in [-0.15, -0.1) is 0 Å². The standard InChI is InChI=1S/C9H13N2/c1-10(2)11(3)9-7-5-4-6-8-9/h5-8H,1-3H3. The first-order valence-corrected chi connectivity index (χ1v) is 3.59. The van der Waals surface area contributed by atoms with Gasteiger partial charge in [0.2, 0.25) is 0 Å². The van der Waals surface area contributed by atoms with Gasteiger partial charge in [0, 0.05) is 21.1 Å². The van der Waals surface area contributed by atoms with E-state index in [1.807, 2.05) is 50.4 Å². The van der Waals surface area contributed by atoms with Gasteiger partial charge >= 0.3 is 0 Å². The molecule has 0 N–H and O–H groups in total. The van der Waals surface area contributed by atoms with E-state index in [4.69, 9.17) is 0 Å². The number of hydrogen-bond acceptors (Lipinski definition) is 2. The van der Waals surface area contributed by atoms with Gasteiger partial charge in [-0.2, -0.15) is 0 Å². The molecule has 0 spiro atoms. The highest BCUT2D eigenvalue weighted by atomic mass is 15.6. The predicted octanol–water partition coefficient (Wildman–Crippen LogP) is 1.40. The van der Waals surface area contributed by atoms with E-state index in [9.17, 15) is 0 Å². The summed E-state index contributed by atoms with van der Waals surface area (Å²) in [6.45, 7) is 0. The van der Waals surface area contributed by atoms with Crippen LogP contribution >= 0.6 is 0 Å². The summed E-state index contributed by atoms with van der Waals surface area (Å²) in [6.07, 6.45) is 0. The number of anilines is 1. The van der Waals surface area contributed by atoms with Crippen LogP contribution in [0.2, 0.25) is 0 Å². The molecule has 2 nitrogen and oxygen atoms in total. The van der Waals surface area contributed by atoms with Crippen LogP contribution in [0.3, 0.4) is 0 Å². The van der Waals surface area contributed by atoms with E-state index >= 15 is 0 Å². The second kappa shape index (κ2) is 3.39. The van der Waals surface area contributed by atoms with Gasteiger partial charge in [0.15, 0.2) is 0 Å². The topological polar surface area (TPSA) is 6.48 Å². The summed E-state index contributed by atoms with van der Waals surface area (Å²) in [7, 11) is 6.04. The minimum Gasteiger partial charge on any atom is -0.309 e. The Hall–Kier alpha value is -1.02. The zero-order valence-electron chi connectivity index (χ0n) is 7.20. The average molecular weight is 149 g/mol. The molecule has 0 atom stereocenters. The van der Waals surface area contributed by atoms with Crippen molar-refractivity contribution in [3.05, 3.63) is 30.3 Å². The zero-order valence-corrected chi connectivity index (χ0v) is 7.20. The first-order chi connectivity index (χ1) is 5.22. The van der Waals surface area contributed by atoms with E-state index in [1.54, 1.807) is 0 Å². The lowest BCUT2D eigenvalue weighted by molar-refractivity contribution is 0.397. The van der Waals surface area contributed by atoms with Gasteiger partial charge in [-0.25, -0.2) is 5.01 Å². The molecule has 1 aromatic rings. The van der Waals surface area contributed by atoms with E-state index < -0.39 is 0 Å². The maximum absolute atomic E-state index is 2.98. The van der Waals surface area contributed by atoms with Crippen LogP contribution in [0.15, 0.2) is 24.3 Å². The normalized spacial score (nSPS) is 10.2. The number of hydrogen-bond donors (Lipinski definition) is 0. The fraction of sp³-hybridized carbons (Fsp3) is 0.333. The van der Waals surface area contributed by atoms with Crippen molar-refractivity contribution in [3.63, 3.8) is 0 Å². The van der Waals surface area contributed by atoms with Crippen LogP contribution in [-0.4, -0.2) is 26.2 Å².